The maximum atomic E-state index is 13.8. The highest BCUT2D eigenvalue weighted by molar-refractivity contribution is 5.94. The quantitative estimate of drug-likeness (QED) is 0.908. The smallest absolute Gasteiger partial charge is 0.231 e. The summed E-state index contributed by atoms with van der Waals surface area (Å²) in [5.41, 5.74) is 6.71. The van der Waals surface area contributed by atoms with Gasteiger partial charge in [-0.05, 0) is 17.7 Å². The molecule has 0 aromatic heterocycles. The number of carbonyl (C=O) groups excluding carboxylic acids is 1. The zero-order chi connectivity index (χ0) is 14.4. The Kier molecular flexibility index (Phi) is 4.85. The molecule has 0 aliphatic rings. The summed E-state index contributed by atoms with van der Waals surface area (Å²) in [7, 11) is 0. The van der Waals surface area contributed by atoms with Crippen molar-refractivity contribution in [2.45, 2.75) is 6.42 Å². The molecule has 0 bridgehead atoms. The highest BCUT2D eigenvalue weighted by atomic mass is 19.1. The van der Waals surface area contributed by atoms with Crippen molar-refractivity contribution < 1.29 is 9.18 Å². The molecule has 0 saturated carbocycles. The molecule has 0 fully saturated rings. The van der Waals surface area contributed by atoms with Gasteiger partial charge in [-0.3, -0.25) is 4.79 Å². The van der Waals surface area contributed by atoms with Crippen LogP contribution in [0.15, 0.2) is 54.6 Å². The van der Waals surface area contributed by atoms with E-state index in [1.165, 1.54) is 11.0 Å². The van der Waals surface area contributed by atoms with Crippen molar-refractivity contribution in [2.24, 2.45) is 5.73 Å². The van der Waals surface area contributed by atoms with E-state index in [0.29, 0.717) is 6.54 Å². The molecule has 0 spiro atoms. The first-order chi connectivity index (χ1) is 9.72. The van der Waals surface area contributed by atoms with Crippen LogP contribution in [0.25, 0.3) is 0 Å². The summed E-state index contributed by atoms with van der Waals surface area (Å²) < 4.78 is 13.8. The first-order valence-electron chi connectivity index (χ1n) is 6.51. The number of hydrogen-bond acceptors (Lipinski definition) is 2. The second-order valence-corrected chi connectivity index (χ2v) is 4.45. The SMILES string of the molecule is NCCN(C(=O)Cc1ccccc1)c1ccccc1F. The van der Waals surface area contributed by atoms with Crippen molar-refractivity contribution in [3.63, 3.8) is 0 Å². The molecule has 2 N–H and O–H groups in total. The van der Waals surface area contributed by atoms with Crippen molar-refractivity contribution in [1.29, 1.82) is 0 Å². The number of halogens is 1. The van der Waals surface area contributed by atoms with E-state index in [0.717, 1.165) is 5.56 Å². The van der Waals surface area contributed by atoms with Gasteiger partial charge in [-0.1, -0.05) is 42.5 Å². The van der Waals surface area contributed by atoms with E-state index in [1.54, 1.807) is 18.2 Å². The predicted molar refractivity (Wildman–Crippen MR) is 78.0 cm³/mol. The standard InChI is InChI=1S/C16H17FN2O/c17-14-8-4-5-9-15(14)19(11-10-18)16(20)12-13-6-2-1-3-7-13/h1-9H,10-12,18H2. The van der Waals surface area contributed by atoms with Crippen molar-refractivity contribution in [3.8, 4) is 0 Å². The van der Waals surface area contributed by atoms with E-state index in [4.69, 9.17) is 5.73 Å². The topological polar surface area (TPSA) is 46.3 Å². The maximum absolute atomic E-state index is 13.8. The monoisotopic (exact) mass is 272 g/mol. The fraction of sp³-hybridized carbons (Fsp3) is 0.188. The molecular weight excluding hydrogens is 255 g/mol. The molecule has 4 heteroatoms. The molecule has 0 aliphatic carbocycles. The Balaban J connectivity index is 2.20. The average molecular weight is 272 g/mol. The van der Waals surface area contributed by atoms with Crippen molar-refractivity contribution in [3.05, 3.63) is 66.0 Å². The molecule has 0 aliphatic heterocycles. The third kappa shape index (κ3) is 3.42. The van der Waals surface area contributed by atoms with Crippen LogP contribution in [0.4, 0.5) is 10.1 Å². The van der Waals surface area contributed by atoms with Gasteiger partial charge in [-0.15, -0.1) is 0 Å². The number of carbonyl (C=O) groups is 1. The minimum absolute atomic E-state index is 0.160. The van der Waals surface area contributed by atoms with Gasteiger partial charge in [-0.25, -0.2) is 4.39 Å². The van der Waals surface area contributed by atoms with Crippen LogP contribution < -0.4 is 10.6 Å². The molecule has 2 aromatic rings. The molecule has 104 valence electrons. The van der Waals surface area contributed by atoms with Crippen molar-refractivity contribution in [2.75, 3.05) is 18.0 Å². The summed E-state index contributed by atoms with van der Waals surface area (Å²) in [6.07, 6.45) is 0.231. The van der Waals surface area contributed by atoms with Gasteiger partial charge in [0, 0.05) is 13.1 Å². The van der Waals surface area contributed by atoms with E-state index in [1.807, 2.05) is 30.3 Å². The minimum Gasteiger partial charge on any atom is -0.329 e. The highest BCUT2D eigenvalue weighted by Gasteiger charge is 2.18. The maximum Gasteiger partial charge on any atom is 0.231 e. The number of amides is 1. The number of rotatable bonds is 5. The van der Waals surface area contributed by atoms with E-state index in [9.17, 15) is 9.18 Å². The Morgan fingerprint density at radius 2 is 1.70 bits per heavy atom. The fourth-order valence-corrected chi connectivity index (χ4v) is 2.05. The van der Waals surface area contributed by atoms with Gasteiger partial charge in [0.25, 0.3) is 0 Å². The average Bonchev–Trinajstić information content (AvgIpc) is 2.47. The normalized spacial score (nSPS) is 10.3. The van der Waals surface area contributed by atoms with Crippen LogP contribution in [0.1, 0.15) is 5.56 Å². The highest BCUT2D eigenvalue weighted by Crippen LogP contribution is 2.19. The summed E-state index contributed by atoms with van der Waals surface area (Å²) in [6, 6.07) is 15.6. The van der Waals surface area contributed by atoms with E-state index < -0.39 is 5.82 Å². The van der Waals surface area contributed by atoms with Gasteiger partial charge in [0.15, 0.2) is 0 Å². The number of nitrogens with two attached hydrogens (primary N) is 1. The third-order valence-corrected chi connectivity index (χ3v) is 3.00. The first-order valence-corrected chi connectivity index (χ1v) is 6.51. The van der Waals surface area contributed by atoms with Crippen LogP contribution in [0.2, 0.25) is 0 Å². The summed E-state index contributed by atoms with van der Waals surface area (Å²) >= 11 is 0. The molecule has 1 amide bonds. The number of nitrogens with zero attached hydrogens (tertiary/aromatic N) is 1. The Hall–Kier alpha value is -2.20. The zero-order valence-corrected chi connectivity index (χ0v) is 11.1. The molecule has 2 rings (SSSR count). The summed E-state index contributed by atoms with van der Waals surface area (Å²) in [4.78, 5) is 13.8. The van der Waals surface area contributed by atoms with Crippen molar-refractivity contribution >= 4 is 11.6 Å². The Morgan fingerprint density at radius 3 is 2.35 bits per heavy atom. The Morgan fingerprint density at radius 1 is 1.05 bits per heavy atom. The lowest BCUT2D eigenvalue weighted by atomic mass is 10.1. The summed E-state index contributed by atoms with van der Waals surface area (Å²) in [6.45, 7) is 0.585. The largest absolute Gasteiger partial charge is 0.329 e. The molecule has 2 aromatic carbocycles. The van der Waals surface area contributed by atoms with E-state index >= 15 is 0 Å². The summed E-state index contributed by atoms with van der Waals surface area (Å²) in [5, 5.41) is 0. The van der Waals surface area contributed by atoms with Gasteiger partial charge in [0.2, 0.25) is 5.91 Å². The molecule has 0 heterocycles. The number of para-hydroxylation sites is 1. The lowest BCUT2D eigenvalue weighted by Crippen LogP contribution is -2.37. The second kappa shape index (κ2) is 6.82. The van der Waals surface area contributed by atoms with Crippen molar-refractivity contribution in [1.82, 2.24) is 0 Å². The van der Waals surface area contributed by atoms with Crippen LogP contribution in [-0.2, 0) is 11.2 Å². The van der Waals surface area contributed by atoms with Crippen LogP contribution in [0.5, 0.6) is 0 Å². The number of benzene rings is 2. The van der Waals surface area contributed by atoms with Gasteiger partial charge in [0.05, 0.1) is 12.1 Å². The molecule has 3 nitrogen and oxygen atoms in total. The van der Waals surface area contributed by atoms with Gasteiger partial charge in [0.1, 0.15) is 5.82 Å². The van der Waals surface area contributed by atoms with Crippen LogP contribution in [-0.4, -0.2) is 19.0 Å². The molecule has 0 atom stereocenters. The van der Waals surface area contributed by atoms with Crippen LogP contribution >= 0.6 is 0 Å². The van der Waals surface area contributed by atoms with Crippen LogP contribution in [0, 0.1) is 5.82 Å². The molecular formula is C16H17FN2O. The third-order valence-electron chi connectivity index (χ3n) is 3.00. The number of anilines is 1. The number of hydrogen-bond donors (Lipinski definition) is 1. The summed E-state index contributed by atoms with van der Waals surface area (Å²) in [5.74, 6) is -0.575. The molecule has 0 radical (unpaired) electrons. The van der Waals surface area contributed by atoms with Gasteiger partial charge in [-0.2, -0.15) is 0 Å². The molecule has 0 unspecified atom stereocenters. The fourth-order valence-electron chi connectivity index (χ4n) is 2.05. The van der Waals surface area contributed by atoms with E-state index in [2.05, 4.69) is 0 Å². The molecule has 20 heavy (non-hydrogen) atoms. The first kappa shape index (κ1) is 14.2. The Bertz CT molecular complexity index is 572. The van der Waals surface area contributed by atoms with E-state index in [-0.39, 0.29) is 24.6 Å². The lowest BCUT2D eigenvalue weighted by Gasteiger charge is -2.22. The second-order valence-electron chi connectivity index (χ2n) is 4.45. The molecule has 0 saturated heterocycles. The van der Waals surface area contributed by atoms with Gasteiger partial charge >= 0.3 is 0 Å². The zero-order valence-electron chi connectivity index (χ0n) is 11.1. The lowest BCUT2D eigenvalue weighted by molar-refractivity contribution is -0.118. The predicted octanol–water partition coefficient (Wildman–Crippen LogP) is 2.36. The van der Waals surface area contributed by atoms with Crippen LogP contribution in [0.3, 0.4) is 0 Å². The Labute approximate surface area is 117 Å². The van der Waals surface area contributed by atoms with Gasteiger partial charge < -0.3 is 10.6 Å². The minimum atomic E-state index is -0.414.